The van der Waals surface area contributed by atoms with Gasteiger partial charge < -0.3 is 4.57 Å². The number of benzene rings is 1. The minimum absolute atomic E-state index is 0.0423. The minimum Gasteiger partial charge on any atom is -0.326 e. The Bertz CT molecular complexity index is 621. The fourth-order valence-corrected chi connectivity index (χ4v) is 3.74. The Hall–Kier alpha value is -1.02. The van der Waals surface area contributed by atoms with Crippen LogP contribution in [0.3, 0.4) is 0 Å². The number of alkyl halides is 1. The minimum atomic E-state index is -0.0423. The zero-order valence-corrected chi connectivity index (χ0v) is 14.0. The third kappa shape index (κ3) is 2.96. The van der Waals surface area contributed by atoms with E-state index in [-0.39, 0.29) is 5.38 Å². The Morgan fingerprint density at radius 3 is 2.67 bits per heavy atom. The van der Waals surface area contributed by atoms with Crippen LogP contribution in [0.15, 0.2) is 18.2 Å². The molecule has 114 valence electrons. The van der Waals surface area contributed by atoms with Crippen molar-refractivity contribution in [2.45, 2.75) is 58.4 Å². The number of aryl methyl sites for hydroxylation is 1. The molecule has 1 aliphatic carbocycles. The van der Waals surface area contributed by atoms with Gasteiger partial charge in [-0.05, 0) is 50.2 Å². The van der Waals surface area contributed by atoms with Gasteiger partial charge in [0, 0.05) is 6.54 Å². The average Bonchev–Trinajstić information content (AvgIpc) is 2.82. The van der Waals surface area contributed by atoms with Crippen molar-refractivity contribution in [1.82, 2.24) is 9.55 Å². The van der Waals surface area contributed by atoms with Crippen molar-refractivity contribution in [3.8, 4) is 0 Å². The molecule has 2 nitrogen and oxygen atoms in total. The van der Waals surface area contributed by atoms with Crippen LogP contribution < -0.4 is 0 Å². The number of hydrogen-bond acceptors (Lipinski definition) is 1. The molecule has 0 spiro atoms. The van der Waals surface area contributed by atoms with E-state index in [1.807, 2.05) is 6.92 Å². The monoisotopic (exact) mass is 304 g/mol. The van der Waals surface area contributed by atoms with Crippen molar-refractivity contribution in [1.29, 1.82) is 0 Å². The molecular weight excluding hydrogens is 280 g/mol. The Kier molecular flexibility index (Phi) is 4.26. The lowest BCUT2D eigenvalue weighted by Crippen LogP contribution is -2.19. The average molecular weight is 305 g/mol. The molecule has 0 N–H and O–H groups in total. The highest BCUT2D eigenvalue weighted by Crippen LogP contribution is 2.33. The van der Waals surface area contributed by atoms with Gasteiger partial charge in [-0.2, -0.15) is 0 Å². The van der Waals surface area contributed by atoms with E-state index in [1.165, 1.54) is 36.8 Å². The van der Waals surface area contributed by atoms with E-state index in [0.717, 1.165) is 29.7 Å². The first-order valence-electron chi connectivity index (χ1n) is 8.16. The van der Waals surface area contributed by atoms with Gasteiger partial charge in [-0.1, -0.05) is 31.9 Å². The van der Waals surface area contributed by atoms with Gasteiger partial charge in [-0.25, -0.2) is 4.98 Å². The van der Waals surface area contributed by atoms with Crippen molar-refractivity contribution in [3.05, 3.63) is 29.6 Å². The predicted molar refractivity (Wildman–Crippen MR) is 89.9 cm³/mol. The zero-order chi connectivity index (χ0) is 15.0. The standard InChI is InChI=1S/C18H25ClN2/c1-12-7-9-15(10-8-12)11-21-16-6-4-5-13(2)17(16)20-18(21)14(3)19/h4-6,12,14-15H,7-11H2,1-3H3. The predicted octanol–water partition coefficient (Wildman–Crippen LogP) is 5.47. The highest BCUT2D eigenvalue weighted by Gasteiger charge is 2.22. The molecule has 21 heavy (non-hydrogen) atoms. The number of hydrogen-bond donors (Lipinski definition) is 0. The fraction of sp³-hybridized carbons (Fsp3) is 0.611. The van der Waals surface area contributed by atoms with Gasteiger partial charge in [0.1, 0.15) is 5.82 Å². The summed E-state index contributed by atoms with van der Waals surface area (Å²) in [7, 11) is 0. The smallest absolute Gasteiger partial charge is 0.127 e. The molecule has 0 radical (unpaired) electrons. The Labute approximate surface area is 132 Å². The molecule has 1 aromatic heterocycles. The summed E-state index contributed by atoms with van der Waals surface area (Å²) in [6.45, 7) is 7.60. The molecule has 1 heterocycles. The second-order valence-electron chi connectivity index (χ2n) is 6.77. The third-order valence-corrected chi connectivity index (χ3v) is 5.14. The van der Waals surface area contributed by atoms with E-state index >= 15 is 0 Å². The molecular formula is C18H25ClN2. The van der Waals surface area contributed by atoms with Crippen LogP contribution in [-0.2, 0) is 6.54 Å². The quantitative estimate of drug-likeness (QED) is 0.687. The maximum Gasteiger partial charge on any atom is 0.127 e. The summed E-state index contributed by atoms with van der Waals surface area (Å²) in [6.07, 6.45) is 5.40. The molecule has 0 saturated heterocycles. The summed E-state index contributed by atoms with van der Waals surface area (Å²) in [6, 6.07) is 6.44. The van der Waals surface area contributed by atoms with E-state index in [4.69, 9.17) is 16.6 Å². The van der Waals surface area contributed by atoms with Crippen LogP contribution in [0.2, 0.25) is 0 Å². The number of aromatic nitrogens is 2. The molecule has 1 atom stereocenters. The number of halogens is 1. The molecule has 0 bridgehead atoms. The number of rotatable bonds is 3. The molecule has 1 aromatic carbocycles. The summed E-state index contributed by atoms with van der Waals surface area (Å²) >= 11 is 6.39. The van der Waals surface area contributed by atoms with Crippen LogP contribution in [0, 0.1) is 18.8 Å². The van der Waals surface area contributed by atoms with Gasteiger partial charge in [-0.3, -0.25) is 0 Å². The molecule has 1 aliphatic rings. The first kappa shape index (κ1) is 14.9. The molecule has 3 heteroatoms. The number of nitrogens with zero attached hydrogens (tertiary/aromatic N) is 2. The third-order valence-electron chi connectivity index (χ3n) is 4.94. The summed E-state index contributed by atoms with van der Waals surface area (Å²) in [5.74, 6) is 2.70. The Morgan fingerprint density at radius 1 is 1.29 bits per heavy atom. The summed E-state index contributed by atoms with van der Waals surface area (Å²) in [5.41, 5.74) is 3.60. The molecule has 0 aliphatic heterocycles. The van der Waals surface area contributed by atoms with Gasteiger partial charge in [0.15, 0.2) is 0 Å². The van der Waals surface area contributed by atoms with Crippen molar-refractivity contribution >= 4 is 22.6 Å². The highest BCUT2D eigenvalue weighted by atomic mass is 35.5. The topological polar surface area (TPSA) is 17.8 Å². The maximum atomic E-state index is 6.39. The molecule has 1 unspecified atom stereocenters. The molecule has 0 amide bonds. The van der Waals surface area contributed by atoms with E-state index in [2.05, 4.69) is 36.6 Å². The van der Waals surface area contributed by atoms with Gasteiger partial charge in [0.05, 0.1) is 16.4 Å². The van der Waals surface area contributed by atoms with E-state index in [1.54, 1.807) is 0 Å². The number of fused-ring (bicyclic) bond motifs is 1. The van der Waals surface area contributed by atoms with Crippen LogP contribution in [0.1, 0.15) is 56.3 Å². The van der Waals surface area contributed by atoms with Crippen LogP contribution in [0.4, 0.5) is 0 Å². The number of para-hydroxylation sites is 1. The van der Waals surface area contributed by atoms with Gasteiger partial charge in [0.25, 0.3) is 0 Å². The first-order valence-corrected chi connectivity index (χ1v) is 8.59. The second kappa shape index (κ2) is 6.00. The van der Waals surface area contributed by atoms with Crippen LogP contribution >= 0.6 is 11.6 Å². The van der Waals surface area contributed by atoms with Crippen molar-refractivity contribution in [2.75, 3.05) is 0 Å². The summed E-state index contributed by atoms with van der Waals surface area (Å²) in [5, 5.41) is -0.0423. The summed E-state index contributed by atoms with van der Waals surface area (Å²) < 4.78 is 2.38. The van der Waals surface area contributed by atoms with Gasteiger partial charge in [-0.15, -0.1) is 11.6 Å². The van der Waals surface area contributed by atoms with Crippen molar-refractivity contribution in [3.63, 3.8) is 0 Å². The highest BCUT2D eigenvalue weighted by molar-refractivity contribution is 6.20. The normalized spacial score (nSPS) is 24.4. The van der Waals surface area contributed by atoms with Gasteiger partial charge in [0.2, 0.25) is 0 Å². The molecule has 1 fully saturated rings. The SMILES string of the molecule is Cc1cccc2c1nc(C(C)Cl)n2CC1CCC(C)CC1. The fourth-order valence-electron chi connectivity index (χ4n) is 3.57. The van der Waals surface area contributed by atoms with Crippen LogP contribution in [0.5, 0.6) is 0 Å². The van der Waals surface area contributed by atoms with E-state index < -0.39 is 0 Å². The van der Waals surface area contributed by atoms with Gasteiger partial charge >= 0.3 is 0 Å². The van der Waals surface area contributed by atoms with Crippen molar-refractivity contribution in [2.24, 2.45) is 11.8 Å². The second-order valence-corrected chi connectivity index (χ2v) is 7.42. The zero-order valence-electron chi connectivity index (χ0n) is 13.3. The number of imidazole rings is 1. The lowest BCUT2D eigenvalue weighted by Gasteiger charge is -2.27. The maximum absolute atomic E-state index is 6.39. The van der Waals surface area contributed by atoms with Crippen LogP contribution in [-0.4, -0.2) is 9.55 Å². The Morgan fingerprint density at radius 2 is 2.00 bits per heavy atom. The molecule has 2 aromatic rings. The molecule has 3 rings (SSSR count). The summed E-state index contributed by atoms with van der Waals surface area (Å²) in [4.78, 5) is 4.82. The van der Waals surface area contributed by atoms with Crippen LogP contribution in [0.25, 0.3) is 11.0 Å². The lowest BCUT2D eigenvalue weighted by atomic mass is 9.83. The van der Waals surface area contributed by atoms with E-state index in [0.29, 0.717) is 0 Å². The Balaban J connectivity index is 1.96. The van der Waals surface area contributed by atoms with E-state index in [9.17, 15) is 0 Å². The largest absolute Gasteiger partial charge is 0.326 e. The van der Waals surface area contributed by atoms with Crippen molar-refractivity contribution < 1.29 is 0 Å². The first-order chi connectivity index (χ1) is 10.1. The lowest BCUT2D eigenvalue weighted by molar-refractivity contribution is 0.265. The molecule has 1 saturated carbocycles.